The van der Waals surface area contributed by atoms with Crippen LogP contribution in [0.1, 0.15) is 26.2 Å². The molecule has 2 aromatic rings. The third-order valence-corrected chi connectivity index (χ3v) is 2.95. The molecule has 1 aliphatic heterocycles. The third-order valence-electron chi connectivity index (χ3n) is 2.95. The van der Waals surface area contributed by atoms with Crippen LogP contribution in [-0.2, 0) is 4.79 Å². The number of nitrogens with zero attached hydrogens (tertiary/aromatic N) is 3. The molecule has 5 heteroatoms. The second-order valence-corrected chi connectivity index (χ2v) is 4.38. The smallest absolute Gasteiger partial charge is 0.255 e. The number of amides is 1. The van der Waals surface area contributed by atoms with E-state index in [0.717, 1.165) is 29.6 Å². The molecule has 1 aromatic carbocycles. The minimum Gasteiger partial charge on any atom is -0.322 e. The Morgan fingerprint density at radius 1 is 1.39 bits per heavy atom. The fraction of sp³-hybridized carbons (Fsp3) is 0.308. The summed E-state index contributed by atoms with van der Waals surface area (Å²) in [5, 5.41) is 5.71. The van der Waals surface area contributed by atoms with E-state index >= 15 is 0 Å². The maximum atomic E-state index is 11.9. The maximum absolute atomic E-state index is 11.9. The molecule has 0 atom stereocenters. The first kappa shape index (κ1) is 11.0. The van der Waals surface area contributed by atoms with Gasteiger partial charge in [0.1, 0.15) is 0 Å². The van der Waals surface area contributed by atoms with Crippen LogP contribution < -0.4 is 5.01 Å². The fourth-order valence-electron chi connectivity index (χ4n) is 2.11. The summed E-state index contributed by atoms with van der Waals surface area (Å²) in [7, 11) is 0. The Morgan fingerprint density at radius 3 is 3.00 bits per heavy atom. The molecule has 0 bridgehead atoms. The Labute approximate surface area is 105 Å². The van der Waals surface area contributed by atoms with E-state index in [1.54, 1.807) is 0 Å². The number of fused-ring (bicyclic) bond motifs is 1. The van der Waals surface area contributed by atoms with Gasteiger partial charge in [-0.15, -0.1) is 0 Å². The standard InChI is InChI=1S/C13H14N4O/c1-2-5-9-8-12(18)17(16-9)13-14-10-6-3-4-7-11(10)15-13/h3-4,6-7H,2,5,8H2,1H3,(H,14,15). The van der Waals surface area contributed by atoms with Crippen LogP contribution in [0.5, 0.6) is 0 Å². The van der Waals surface area contributed by atoms with Gasteiger partial charge in [0.25, 0.3) is 5.91 Å². The molecule has 1 aromatic heterocycles. The number of hydrogen-bond donors (Lipinski definition) is 1. The Kier molecular flexibility index (Phi) is 2.59. The van der Waals surface area contributed by atoms with E-state index in [1.807, 2.05) is 24.3 Å². The number of carbonyl (C=O) groups excluding carboxylic acids is 1. The third kappa shape index (κ3) is 1.77. The average Bonchev–Trinajstić information content (AvgIpc) is 2.92. The quantitative estimate of drug-likeness (QED) is 0.898. The molecule has 0 radical (unpaired) electrons. The van der Waals surface area contributed by atoms with Gasteiger partial charge in [0.2, 0.25) is 5.95 Å². The van der Waals surface area contributed by atoms with E-state index in [2.05, 4.69) is 22.0 Å². The van der Waals surface area contributed by atoms with Crippen molar-refractivity contribution in [2.24, 2.45) is 5.10 Å². The first-order valence-corrected chi connectivity index (χ1v) is 6.12. The SMILES string of the molecule is CCCC1=NN(c2nc3ccccc3[nH]2)C(=O)C1. The molecule has 1 amide bonds. The number of hydrogen-bond acceptors (Lipinski definition) is 3. The second-order valence-electron chi connectivity index (χ2n) is 4.38. The van der Waals surface area contributed by atoms with Crippen LogP contribution in [0.4, 0.5) is 5.95 Å². The number of rotatable bonds is 3. The molecular formula is C13H14N4O. The molecule has 1 N–H and O–H groups in total. The van der Waals surface area contributed by atoms with Gasteiger partial charge in [0, 0.05) is 5.71 Å². The van der Waals surface area contributed by atoms with Gasteiger partial charge < -0.3 is 4.98 Å². The number of anilines is 1. The number of benzene rings is 1. The number of para-hydroxylation sites is 2. The molecule has 0 spiro atoms. The molecule has 0 unspecified atom stereocenters. The zero-order valence-corrected chi connectivity index (χ0v) is 10.2. The summed E-state index contributed by atoms with van der Waals surface area (Å²) < 4.78 is 0. The number of aromatic nitrogens is 2. The molecular weight excluding hydrogens is 228 g/mol. The summed E-state index contributed by atoms with van der Waals surface area (Å²) in [6.07, 6.45) is 2.27. The summed E-state index contributed by atoms with van der Waals surface area (Å²) >= 11 is 0. The lowest BCUT2D eigenvalue weighted by atomic mass is 10.2. The number of aromatic amines is 1. The highest BCUT2D eigenvalue weighted by molar-refractivity contribution is 6.12. The van der Waals surface area contributed by atoms with Gasteiger partial charge in [-0.25, -0.2) is 4.98 Å². The van der Waals surface area contributed by atoms with Crippen LogP contribution in [0, 0.1) is 0 Å². The van der Waals surface area contributed by atoms with Crippen molar-refractivity contribution in [2.45, 2.75) is 26.2 Å². The summed E-state index contributed by atoms with van der Waals surface area (Å²) in [5.41, 5.74) is 2.70. The lowest BCUT2D eigenvalue weighted by Gasteiger charge is -2.05. The first-order chi connectivity index (χ1) is 8.78. The summed E-state index contributed by atoms with van der Waals surface area (Å²) in [5.74, 6) is 0.491. The van der Waals surface area contributed by atoms with E-state index in [9.17, 15) is 4.79 Å². The molecule has 5 nitrogen and oxygen atoms in total. The van der Waals surface area contributed by atoms with E-state index in [4.69, 9.17) is 0 Å². The van der Waals surface area contributed by atoms with Crippen molar-refractivity contribution in [3.63, 3.8) is 0 Å². The van der Waals surface area contributed by atoms with Crippen LogP contribution in [0.25, 0.3) is 11.0 Å². The van der Waals surface area contributed by atoms with Gasteiger partial charge in [-0.3, -0.25) is 4.79 Å². The van der Waals surface area contributed by atoms with Crippen molar-refractivity contribution >= 4 is 28.6 Å². The Hall–Kier alpha value is -2.17. The number of hydrazone groups is 1. The molecule has 18 heavy (non-hydrogen) atoms. The van der Waals surface area contributed by atoms with Crippen molar-refractivity contribution < 1.29 is 4.79 Å². The molecule has 2 heterocycles. The Balaban J connectivity index is 1.96. The number of nitrogens with one attached hydrogen (secondary N) is 1. The molecule has 3 rings (SSSR count). The van der Waals surface area contributed by atoms with Gasteiger partial charge in [-0.2, -0.15) is 10.1 Å². The Morgan fingerprint density at radius 2 is 2.22 bits per heavy atom. The fourth-order valence-corrected chi connectivity index (χ4v) is 2.11. The summed E-state index contributed by atoms with van der Waals surface area (Å²) in [4.78, 5) is 19.4. The lowest BCUT2D eigenvalue weighted by molar-refractivity contribution is -0.117. The maximum Gasteiger partial charge on any atom is 0.255 e. The molecule has 0 fully saturated rings. The second kappa shape index (κ2) is 4.25. The topological polar surface area (TPSA) is 61.4 Å². The van der Waals surface area contributed by atoms with Crippen LogP contribution in [0.3, 0.4) is 0 Å². The van der Waals surface area contributed by atoms with Crippen LogP contribution >= 0.6 is 0 Å². The van der Waals surface area contributed by atoms with Crippen molar-refractivity contribution in [1.82, 2.24) is 9.97 Å². The number of imidazole rings is 1. The van der Waals surface area contributed by atoms with Crippen LogP contribution in [0.15, 0.2) is 29.4 Å². The number of carbonyl (C=O) groups is 1. The molecule has 0 aliphatic carbocycles. The lowest BCUT2D eigenvalue weighted by Crippen LogP contribution is -2.20. The summed E-state index contributed by atoms with van der Waals surface area (Å²) in [6.45, 7) is 2.08. The van der Waals surface area contributed by atoms with Crippen LogP contribution in [0.2, 0.25) is 0 Å². The van der Waals surface area contributed by atoms with Crippen LogP contribution in [-0.4, -0.2) is 21.6 Å². The van der Waals surface area contributed by atoms with Gasteiger partial charge in [-0.05, 0) is 18.6 Å². The van der Waals surface area contributed by atoms with Crippen molar-refractivity contribution in [2.75, 3.05) is 5.01 Å². The van der Waals surface area contributed by atoms with E-state index in [-0.39, 0.29) is 5.91 Å². The van der Waals surface area contributed by atoms with Crippen molar-refractivity contribution in [3.8, 4) is 0 Å². The van der Waals surface area contributed by atoms with Gasteiger partial charge in [0.05, 0.1) is 17.5 Å². The van der Waals surface area contributed by atoms with Gasteiger partial charge in [0.15, 0.2) is 0 Å². The summed E-state index contributed by atoms with van der Waals surface area (Å²) in [6, 6.07) is 7.70. The van der Waals surface area contributed by atoms with Crippen molar-refractivity contribution in [1.29, 1.82) is 0 Å². The predicted molar refractivity (Wildman–Crippen MR) is 70.5 cm³/mol. The zero-order valence-electron chi connectivity index (χ0n) is 10.2. The monoisotopic (exact) mass is 242 g/mol. The minimum absolute atomic E-state index is 0.0162. The predicted octanol–water partition coefficient (Wildman–Crippen LogP) is 2.46. The number of H-pyrrole nitrogens is 1. The van der Waals surface area contributed by atoms with Gasteiger partial charge >= 0.3 is 0 Å². The van der Waals surface area contributed by atoms with Gasteiger partial charge in [-0.1, -0.05) is 25.5 Å². The highest BCUT2D eigenvalue weighted by Gasteiger charge is 2.26. The normalized spacial score (nSPS) is 15.5. The molecule has 92 valence electrons. The average molecular weight is 242 g/mol. The molecule has 0 saturated heterocycles. The minimum atomic E-state index is -0.0162. The van der Waals surface area contributed by atoms with E-state index < -0.39 is 0 Å². The largest absolute Gasteiger partial charge is 0.322 e. The highest BCUT2D eigenvalue weighted by Crippen LogP contribution is 2.22. The Bertz CT molecular complexity index is 596. The zero-order chi connectivity index (χ0) is 12.5. The van der Waals surface area contributed by atoms with Crippen molar-refractivity contribution in [3.05, 3.63) is 24.3 Å². The first-order valence-electron chi connectivity index (χ1n) is 6.12. The molecule has 0 saturated carbocycles. The highest BCUT2D eigenvalue weighted by atomic mass is 16.2. The van der Waals surface area contributed by atoms with E-state index in [0.29, 0.717) is 12.4 Å². The van der Waals surface area contributed by atoms with E-state index in [1.165, 1.54) is 5.01 Å². The molecule has 1 aliphatic rings.